The van der Waals surface area contributed by atoms with E-state index in [-0.39, 0.29) is 11.9 Å². The van der Waals surface area contributed by atoms with Crippen molar-refractivity contribution in [3.05, 3.63) is 59.9 Å². The number of ether oxygens (including phenoxy) is 2. The van der Waals surface area contributed by atoms with Gasteiger partial charge in [-0.25, -0.2) is 4.39 Å². The van der Waals surface area contributed by atoms with Crippen molar-refractivity contribution in [1.29, 1.82) is 0 Å². The lowest BCUT2D eigenvalue weighted by molar-refractivity contribution is 0.175. The van der Waals surface area contributed by atoms with Gasteiger partial charge < -0.3 is 15.2 Å². The van der Waals surface area contributed by atoms with E-state index in [1.54, 1.807) is 19.2 Å². The second kappa shape index (κ2) is 6.39. The third-order valence-corrected chi connectivity index (χ3v) is 2.98. The number of hydrogen-bond acceptors (Lipinski definition) is 3. The Bertz CT molecular complexity index is 572. The first kappa shape index (κ1) is 14.3. The maximum atomic E-state index is 13.2. The van der Waals surface area contributed by atoms with Crippen LogP contribution in [0.15, 0.2) is 48.5 Å². The van der Waals surface area contributed by atoms with Crippen molar-refractivity contribution < 1.29 is 13.9 Å². The van der Waals surface area contributed by atoms with Gasteiger partial charge in [-0.2, -0.15) is 0 Å². The quantitative estimate of drug-likeness (QED) is 0.910. The highest BCUT2D eigenvalue weighted by atomic mass is 19.1. The molecule has 0 saturated carbocycles. The molecule has 3 nitrogen and oxygen atoms in total. The third kappa shape index (κ3) is 3.27. The Labute approximate surface area is 118 Å². The molecule has 0 aromatic heterocycles. The van der Waals surface area contributed by atoms with Crippen molar-refractivity contribution >= 4 is 0 Å². The number of benzene rings is 2. The Balaban J connectivity index is 2.32. The van der Waals surface area contributed by atoms with E-state index in [0.29, 0.717) is 11.5 Å². The standard InChI is InChI=1S/C16H18FNO2/c1-11(18)16(14-8-3-4-9-15(14)19-2)20-13-7-5-6-12(17)10-13/h3-11,16H,18H2,1-2H3. The molecule has 0 aliphatic carbocycles. The molecule has 4 heteroatoms. The second-order valence-corrected chi connectivity index (χ2v) is 4.60. The van der Waals surface area contributed by atoms with E-state index in [0.717, 1.165) is 5.56 Å². The SMILES string of the molecule is COc1ccccc1C(Oc1cccc(F)c1)C(C)N. The van der Waals surface area contributed by atoms with Crippen LogP contribution in [0, 0.1) is 5.82 Å². The molecule has 0 saturated heterocycles. The molecule has 2 aromatic rings. The van der Waals surface area contributed by atoms with E-state index < -0.39 is 6.10 Å². The molecule has 2 atom stereocenters. The minimum Gasteiger partial charge on any atom is -0.496 e. The van der Waals surface area contributed by atoms with E-state index >= 15 is 0 Å². The van der Waals surface area contributed by atoms with Gasteiger partial charge in [0.1, 0.15) is 23.4 Å². The fraction of sp³-hybridized carbons (Fsp3) is 0.250. The van der Waals surface area contributed by atoms with Gasteiger partial charge in [-0.3, -0.25) is 0 Å². The zero-order valence-corrected chi connectivity index (χ0v) is 11.5. The molecule has 0 amide bonds. The normalized spacial score (nSPS) is 13.6. The Morgan fingerprint density at radius 3 is 2.50 bits per heavy atom. The molecule has 20 heavy (non-hydrogen) atoms. The molecule has 0 aliphatic heterocycles. The highest BCUT2D eigenvalue weighted by Crippen LogP contribution is 2.30. The monoisotopic (exact) mass is 275 g/mol. The maximum absolute atomic E-state index is 13.2. The van der Waals surface area contributed by atoms with Crippen LogP contribution in [0.1, 0.15) is 18.6 Å². The smallest absolute Gasteiger partial charge is 0.142 e. The summed E-state index contributed by atoms with van der Waals surface area (Å²) < 4.78 is 24.4. The number of para-hydroxylation sites is 1. The van der Waals surface area contributed by atoms with Crippen LogP contribution in [0.2, 0.25) is 0 Å². The van der Waals surface area contributed by atoms with E-state index in [9.17, 15) is 4.39 Å². The van der Waals surface area contributed by atoms with Gasteiger partial charge >= 0.3 is 0 Å². The van der Waals surface area contributed by atoms with Crippen LogP contribution in [-0.4, -0.2) is 13.2 Å². The van der Waals surface area contributed by atoms with Crippen LogP contribution in [0.25, 0.3) is 0 Å². The lowest BCUT2D eigenvalue weighted by atomic mass is 10.0. The second-order valence-electron chi connectivity index (χ2n) is 4.60. The fourth-order valence-corrected chi connectivity index (χ4v) is 2.04. The van der Waals surface area contributed by atoms with Crippen LogP contribution in [0.5, 0.6) is 11.5 Å². The fourth-order valence-electron chi connectivity index (χ4n) is 2.04. The maximum Gasteiger partial charge on any atom is 0.142 e. The summed E-state index contributed by atoms with van der Waals surface area (Å²) in [6, 6.07) is 13.3. The molecule has 2 rings (SSSR count). The zero-order chi connectivity index (χ0) is 14.5. The van der Waals surface area contributed by atoms with Gasteiger partial charge in [-0.05, 0) is 25.1 Å². The summed E-state index contributed by atoms with van der Waals surface area (Å²) in [6.45, 7) is 1.84. The van der Waals surface area contributed by atoms with Crippen molar-refractivity contribution in [2.45, 2.75) is 19.1 Å². The van der Waals surface area contributed by atoms with Gasteiger partial charge in [0, 0.05) is 17.7 Å². The van der Waals surface area contributed by atoms with Gasteiger partial charge in [0.05, 0.1) is 7.11 Å². The molecule has 0 spiro atoms. The van der Waals surface area contributed by atoms with Crippen LogP contribution in [0.3, 0.4) is 0 Å². The van der Waals surface area contributed by atoms with Crippen molar-refractivity contribution in [3.63, 3.8) is 0 Å². The van der Waals surface area contributed by atoms with E-state index in [2.05, 4.69) is 0 Å². The average molecular weight is 275 g/mol. The Morgan fingerprint density at radius 1 is 1.10 bits per heavy atom. The molecule has 0 aliphatic rings. The minimum atomic E-state index is -0.409. The summed E-state index contributed by atoms with van der Waals surface area (Å²) in [6.07, 6.45) is -0.409. The summed E-state index contributed by atoms with van der Waals surface area (Å²) in [5.74, 6) is 0.801. The molecule has 106 valence electrons. The van der Waals surface area contributed by atoms with Crippen LogP contribution >= 0.6 is 0 Å². The number of nitrogens with two attached hydrogens (primary N) is 1. The van der Waals surface area contributed by atoms with E-state index in [1.165, 1.54) is 12.1 Å². The summed E-state index contributed by atoms with van der Waals surface area (Å²) in [7, 11) is 1.60. The molecule has 2 N–H and O–H groups in total. The topological polar surface area (TPSA) is 44.5 Å². The average Bonchev–Trinajstić information content (AvgIpc) is 2.44. The predicted molar refractivity (Wildman–Crippen MR) is 76.4 cm³/mol. The first-order valence-corrected chi connectivity index (χ1v) is 6.42. The van der Waals surface area contributed by atoms with Crippen molar-refractivity contribution in [2.24, 2.45) is 5.73 Å². The molecule has 2 unspecified atom stereocenters. The number of rotatable bonds is 5. The largest absolute Gasteiger partial charge is 0.496 e. The van der Waals surface area contributed by atoms with Crippen molar-refractivity contribution in [2.75, 3.05) is 7.11 Å². The minimum absolute atomic E-state index is 0.269. The van der Waals surface area contributed by atoms with E-state index in [4.69, 9.17) is 15.2 Å². The Morgan fingerprint density at radius 2 is 1.85 bits per heavy atom. The molecule has 0 radical (unpaired) electrons. The van der Waals surface area contributed by atoms with Crippen molar-refractivity contribution in [1.82, 2.24) is 0 Å². The highest BCUT2D eigenvalue weighted by Gasteiger charge is 2.22. The van der Waals surface area contributed by atoms with Crippen molar-refractivity contribution in [3.8, 4) is 11.5 Å². The van der Waals surface area contributed by atoms with E-state index in [1.807, 2.05) is 31.2 Å². The summed E-state index contributed by atoms with van der Waals surface area (Å²) in [5, 5.41) is 0. The number of hydrogen-bond donors (Lipinski definition) is 1. The van der Waals surface area contributed by atoms with Crippen LogP contribution in [0.4, 0.5) is 4.39 Å². The molecule has 0 heterocycles. The molecule has 2 aromatic carbocycles. The van der Waals surface area contributed by atoms with Gasteiger partial charge in [0.2, 0.25) is 0 Å². The molecular weight excluding hydrogens is 257 g/mol. The first-order chi connectivity index (χ1) is 9.61. The zero-order valence-electron chi connectivity index (χ0n) is 11.5. The lowest BCUT2D eigenvalue weighted by Crippen LogP contribution is -2.29. The van der Waals surface area contributed by atoms with Gasteiger partial charge in [-0.1, -0.05) is 24.3 Å². The predicted octanol–water partition coefficient (Wildman–Crippen LogP) is 3.30. The lowest BCUT2D eigenvalue weighted by Gasteiger charge is -2.24. The summed E-state index contributed by atoms with van der Waals surface area (Å²) in [5.41, 5.74) is 6.85. The van der Waals surface area contributed by atoms with Crippen LogP contribution in [-0.2, 0) is 0 Å². The Kier molecular flexibility index (Phi) is 4.58. The summed E-state index contributed by atoms with van der Waals surface area (Å²) in [4.78, 5) is 0. The van der Waals surface area contributed by atoms with Gasteiger partial charge in [0.15, 0.2) is 0 Å². The number of methoxy groups -OCH3 is 1. The molecule has 0 fully saturated rings. The van der Waals surface area contributed by atoms with Gasteiger partial charge in [-0.15, -0.1) is 0 Å². The number of halogens is 1. The Hall–Kier alpha value is -2.07. The molecular formula is C16H18FNO2. The van der Waals surface area contributed by atoms with Gasteiger partial charge in [0.25, 0.3) is 0 Å². The molecule has 0 bridgehead atoms. The third-order valence-electron chi connectivity index (χ3n) is 2.98. The first-order valence-electron chi connectivity index (χ1n) is 6.42. The van der Waals surface area contributed by atoms with Crippen LogP contribution < -0.4 is 15.2 Å². The summed E-state index contributed by atoms with van der Waals surface area (Å²) >= 11 is 0. The highest BCUT2D eigenvalue weighted by molar-refractivity contribution is 5.37.